The van der Waals surface area contributed by atoms with Crippen LogP contribution in [0.5, 0.6) is 0 Å². The van der Waals surface area contributed by atoms with Crippen molar-refractivity contribution < 1.29 is 9.52 Å². The van der Waals surface area contributed by atoms with Crippen LogP contribution >= 0.6 is 15.9 Å². The maximum absolute atomic E-state index is 8.93. The Morgan fingerprint density at radius 3 is 2.75 bits per heavy atom. The maximum Gasteiger partial charge on any atom is 0.169 e. The molecule has 92 valence electrons. The first-order chi connectivity index (χ1) is 7.71. The summed E-state index contributed by atoms with van der Waals surface area (Å²) in [5.74, 6) is 0.825. The quantitative estimate of drug-likeness (QED) is 0.716. The van der Waals surface area contributed by atoms with Crippen molar-refractivity contribution in [2.45, 2.75) is 31.8 Å². The lowest BCUT2D eigenvalue weighted by molar-refractivity contribution is 0.251. The summed E-state index contributed by atoms with van der Waals surface area (Å²) in [4.78, 5) is 0. The third-order valence-electron chi connectivity index (χ3n) is 2.58. The average Bonchev–Trinajstić information content (AvgIpc) is 2.71. The van der Waals surface area contributed by atoms with Gasteiger partial charge in [-0.2, -0.15) is 0 Å². The number of halogens is 1. The lowest BCUT2D eigenvalue weighted by Crippen LogP contribution is -2.36. The highest BCUT2D eigenvalue weighted by atomic mass is 79.9. The predicted molar refractivity (Wildman–Crippen MR) is 67.1 cm³/mol. The summed E-state index contributed by atoms with van der Waals surface area (Å²) in [6.45, 7) is 2.74. The Kier molecular flexibility index (Phi) is 6.05. The number of furan rings is 1. The molecule has 0 spiro atoms. The third-order valence-corrected chi connectivity index (χ3v) is 3.01. The van der Waals surface area contributed by atoms with Gasteiger partial charge in [-0.05, 0) is 40.9 Å². The van der Waals surface area contributed by atoms with Crippen LogP contribution in [0.2, 0.25) is 0 Å². The van der Waals surface area contributed by atoms with Gasteiger partial charge < -0.3 is 20.6 Å². The number of aliphatic hydroxyl groups excluding tert-OH is 1. The number of hydrogen-bond donors (Lipinski definition) is 3. The van der Waals surface area contributed by atoms with Gasteiger partial charge >= 0.3 is 0 Å². The number of nitrogens with one attached hydrogen (secondary N) is 1. The lowest BCUT2D eigenvalue weighted by atomic mass is 10.1. The molecule has 0 saturated heterocycles. The van der Waals surface area contributed by atoms with Crippen LogP contribution in [0, 0.1) is 0 Å². The largest absolute Gasteiger partial charge is 0.453 e. The molecule has 0 aromatic carbocycles. The molecule has 0 aliphatic carbocycles. The van der Waals surface area contributed by atoms with E-state index in [1.54, 1.807) is 0 Å². The molecule has 0 fully saturated rings. The summed E-state index contributed by atoms with van der Waals surface area (Å²) in [6, 6.07) is 4.03. The molecule has 0 aliphatic heterocycles. The molecule has 0 saturated carbocycles. The summed E-state index contributed by atoms with van der Waals surface area (Å²) in [6.07, 6.45) is 1.69. The van der Waals surface area contributed by atoms with E-state index in [-0.39, 0.29) is 18.7 Å². The van der Waals surface area contributed by atoms with Crippen LogP contribution in [0.15, 0.2) is 21.2 Å². The zero-order valence-corrected chi connectivity index (χ0v) is 11.0. The van der Waals surface area contributed by atoms with Gasteiger partial charge in [0.2, 0.25) is 0 Å². The second-order valence-electron chi connectivity index (χ2n) is 3.71. The van der Waals surface area contributed by atoms with Gasteiger partial charge in [0.05, 0.1) is 6.04 Å². The van der Waals surface area contributed by atoms with Crippen LogP contribution in [-0.2, 0) is 0 Å². The summed E-state index contributed by atoms with van der Waals surface area (Å²) in [7, 11) is 0. The Morgan fingerprint density at radius 1 is 1.56 bits per heavy atom. The molecule has 0 bridgehead atoms. The van der Waals surface area contributed by atoms with Gasteiger partial charge in [-0.15, -0.1) is 0 Å². The molecule has 4 N–H and O–H groups in total. The van der Waals surface area contributed by atoms with E-state index in [0.717, 1.165) is 18.6 Å². The molecular weight excluding hydrogens is 272 g/mol. The smallest absolute Gasteiger partial charge is 0.169 e. The maximum atomic E-state index is 8.93. The van der Waals surface area contributed by atoms with Crippen molar-refractivity contribution in [3.8, 4) is 0 Å². The molecule has 2 atom stereocenters. The second kappa shape index (κ2) is 7.06. The fourth-order valence-corrected chi connectivity index (χ4v) is 1.95. The Hall–Kier alpha value is -0.360. The van der Waals surface area contributed by atoms with Gasteiger partial charge in [-0.1, -0.05) is 6.92 Å². The second-order valence-corrected chi connectivity index (χ2v) is 4.50. The van der Waals surface area contributed by atoms with Crippen molar-refractivity contribution in [2.24, 2.45) is 5.73 Å². The van der Waals surface area contributed by atoms with Crippen molar-refractivity contribution in [3.63, 3.8) is 0 Å². The first-order valence-corrected chi connectivity index (χ1v) is 6.32. The minimum Gasteiger partial charge on any atom is -0.453 e. The van der Waals surface area contributed by atoms with Gasteiger partial charge in [0.1, 0.15) is 5.76 Å². The van der Waals surface area contributed by atoms with E-state index in [4.69, 9.17) is 15.3 Å². The van der Waals surface area contributed by atoms with Gasteiger partial charge in [-0.3, -0.25) is 0 Å². The Labute approximate surface area is 104 Å². The van der Waals surface area contributed by atoms with Crippen molar-refractivity contribution in [1.29, 1.82) is 0 Å². The van der Waals surface area contributed by atoms with Crippen molar-refractivity contribution >= 4 is 15.9 Å². The van der Waals surface area contributed by atoms with E-state index in [9.17, 15) is 0 Å². The van der Waals surface area contributed by atoms with E-state index < -0.39 is 0 Å². The monoisotopic (exact) mass is 290 g/mol. The fraction of sp³-hybridized carbons (Fsp3) is 0.636. The molecule has 0 radical (unpaired) electrons. The lowest BCUT2D eigenvalue weighted by Gasteiger charge is -2.22. The van der Waals surface area contributed by atoms with Crippen LogP contribution in [0.25, 0.3) is 0 Å². The highest BCUT2D eigenvalue weighted by Crippen LogP contribution is 2.20. The van der Waals surface area contributed by atoms with E-state index >= 15 is 0 Å². The van der Waals surface area contributed by atoms with Crippen molar-refractivity contribution in [1.82, 2.24) is 5.32 Å². The molecule has 0 aliphatic rings. The summed E-state index contributed by atoms with van der Waals surface area (Å²) < 4.78 is 6.18. The number of aliphatic hydroxyl groups is 1. The van der Waals surface area contributed by atoms with Gasteiger partial charge in [-0.25, -0.2) is 0 Å². The SMILES string of the molecule is CCC(CCO)NC(CN)c1ccc(Br)o1. The average molecular weight is 291 g/mol. The van der Waals surface area contributed by atoms with Crippen LogP contribution in [0.3, 0.4) is 0 Å². The summed E-state index contributed by atoms with van der Waals surface area (Å²) >= 11 is 3.27. The molecular formula is C11H19BrN2O2. The summed E-state index contributed by atoms with van der Waals surface area (Å²) in [5, 5.41) is 12.3. The van der Waals surface area contributed by atoms with Gasteiger partial charge in [0.15, 0.2) is 4.67 Å². The fourth-order valence-electron chi connectivity index (χ4n) is 1.63. The van der Waals surface area contributed by atoms with Crippen molar-refractivity contribution in [2.75, 3.05) is 13.2 Å². The highest BCUT2D eigenvalue weighted by molar-refractivity contribution is 9.10. The Morgan fingerprint density at radius 2 is 2.31 bits per heavy atom. The molecule has 2 unspecified atom stereocenters. The van der Waals surface area contributed by atoms with E-state index in [1.165, 1.54) is 0 Å². The molecule has 4 nitrogen and oxygen atoms in total. The number of rotatable bonds is 7. The zero-order chi connectivity index (χ0) is 12.0. The molecule has 1 heterocycles. The molecule has 1 aromatic rings. The highest BCUT2D eigenvalue weighted by Gasteiger charge is 2.17. The van der Waals surface area contributed by atoms with Crippen LogP contribution in [-0.4, -0.2) is 24.3 Å². The standard InChI is InChI=1S/C11H19BrN2O2/c1-2-8(5-6-15)14-9(7-13)10-3-4-11(12)16-10/h3-4,8-9,14-15H,2,5-7,13H2,1H3. The predicted octanol–water partition coefficient (Wildman–Crippen LogP) is 1.79. The van der Waals surface area contributed by atoms with Crippen molar-refractivity contribution in [3.05, 3.63) is 22.6 Å². The molecule has 0 amide bonds. The topological polar surface area (TPSA) is 71.4 Å². The van der Waals surface area contributed by atoms with Gasteiger partial charge in [0.25, 0.3) is 0 Å². The summed E-state index contributed by atoms with van der Waals surface area (Å²) in [5.41, 5.74) is 5.71. The van der Waals surface area contributed by atoms with Crippen LogP contribution in [0.4, 0.5) is 0 Å². The number of hydrogen-bond acceptors (Lipinski definition) is 4. The van der Waals surface area contributed by atoms with E-state index in [1.807, 2.05) is 12.1 Å². The molecule has 1 rings (SSSR count). The Bertz CT molecular complexity index is 304. The number of nitrogens with two attached hydrogens (primary N) is 1. The zero-order valence-electron chi connectivity index (χ0n) is 9.45. The molecule has 5 heteroatoms. The first-order valence-electron chi connectivity index (χ1n) is 5.53. The molecule has 16 heavy (non-hydrogen) atoms. The van der Waals surface area contributed by atoms with Crippen LogP contribution < -0.4 is 11.1 Å². The minimum absolute atomic E-state index is 0.00259. The third kappa shape index (κ3) is 3.90. The first kappa shape index (κ1) is 13.7. The van der Waals surface area contributed by atoms with Gasteiger partial charge in [0, 0.05) is 19.2 Å². The minimum atomic E-state index is 0.00259. The molecule has 1 aromatic heterocycles. The van der Waals surface area contributed by atoms with E-state index in [2.05, 4.69) is 28.2 Å². The Balaban J connectivity index is 2.60. The normalized spacial score (nSPS) is 15.0. The van der Waals surface area contributed by atoms with E-state index in [0.29, 0.717) is 11.2 Å². The van der Waals surface area contributed by atoms with Crippen LogP contribution in [0.1, 0.15) is 31.6 Å².